The first-order chi connectivity index (χ1) is 13.5. The van der Waals surface area contributed by atoms with Gasteiger partial charge in [0.15, 0.2) is 5.75 Å². The lowest BCUT2D eigenvalue weighted by molar-refractivity contribution is 0.0449. The summed E-state index contributed by atoms with van der Waals surface area (Å²) in [6.45, 7) is 0. The van der Waals surface area contributed by atoms with E-state index in [-0.39, 0.29) is 22.9 Å². The van der Waals surface area contributed by atoms with Gasteiger partial charge in [-0.2, -0.15) is 8.42 Å². The van der Waals surface area contributed by atoms with Gasteiger partial charge in [0.25, 0.3) is 0 Å². The summed E-state index contributed by atoms with van der Waals surface area (Å²) in [5.41, 5.74) is 16.6. The maximum absolute atomic E-state index is 12.0. The number of nitrogen functional groups attached to an aromatic ring is 1. The number of methoxy groups -OCH3 is 2. The minimum Gasteiger partial charge on any atom is -0.507 e. The summed E-state index contributed by atoms with van der Waals surface area (Å²) in [6, 6.07) is 6.55. The fourth-order valence-electron chi connectivity index (χ4n) is 3.36. The van der Waals surface area contributed by atoms with Crippen molar-refractivity contribution < 1.29 is 27.6 Å². The topological polar surface area (TPSA) is 183 Å². The van der Waals surface area contributed by atoms with Crippen molar-refractivity contribution in [2.24, 2.45) is 11.5 Å². The summed E-state index contributed by atoms with van der Waals surface area (Å²) in [4.78, 5) is -2.43. The lowest BCUT2D eigenvalue weighted by Crippen LogP contribution is -2.69. The maximum Gasteiger partial charge on any atom is 0.302 e. The number of phenolic OH excluding ortho intramolecular Hbond substituents is 1. The Hall–Kier alpha value is -2.83. The van der Waals surface area contributed by atoms with Gasteiger partial charge in [-0.1, -0.05) is 12.1 Å². The smallest absolute Gasteiger partial charge is 0.302 e. The van der Waals surface area contributed by atoms with Crippen LogP contribution in [0.2, 0.25) is 0 Å². The van der Waals surface area contributed by atoms with Gasteiger partial charge in [-0.3, -0.25) is 4.55 Å². The SMILES string of the molecule is COc1c(NC2=CC(OC)(S(=O)(=O)O)C(N)(N)C=C2)cc2cccc(O)c2c1N. The summed E-state index contributed by atoms with van der Waals surface area (Å²) in [5, 5.41) is 14.1. The Kier molecular flexibility index (Phi) is 4.97. The Morgan fingerprint density at radius 1 is 1.21 bits per heavy atom. The van der Waals surface area contributed by atoms with Crippen LogP contribution in [0.25, 0.3) is 10.8 Å². The quantitative estimate of drug-likeness (QED) is 0.229. The molecule has 2 aromatic carbocycles. The molecule has 0 radical (unpaired) electrons. The molecule has 1 aliphatic carbocycles. The number of fused-ring (bicyclic) bond motifs is 1. The Balaban J connectivity index is 2.16. The Bertz CT molecular complexity index is 1140. The van der Waals surface area contributed by atoms with Crippen LogP contribution in [0.3, 0.4) is 0 Å². The molecule has 156 valence electrons. The van der Waals surface area contributed by atoms with Gasteiger partial charge in [0.1, 0.15) is 11.4 Å². The molecule has 0 bridgehead atoms. The van der Waals surface area contributed by atoms with E-state index in [2.05, 4.69) is 5.32 Å². The third kappa shape index (κ3) is 3.18. The highest BCUT2D eigenvalue weighted by atomic mass is 32.2. The normalized spacial score (nSPS) is 21.1. The third-order valence-electron chi connectivity index (χ3n) is 4.79. The van der Waals surface area contributed by atoms with Gasteiger partial charge in [0.05, 0.1) is 23.9 Å². The first-order valence-electron chi connectivity index (χ1n) is 8.34. The molecule has 11 heteroatoms. The van der Waals surface area contributed by atoms with Gasteiger partial charge < -0.3 is 37.1 Å². The van der Waals surface area contributed by atoms with Crippen molar-refractivity contribution in [2.75, 3.05) is 25.3 Å². The second-order valence-corrected chi connectivity index (χ2v) is 8.14. The number of ether oxygens (including phenoxy) is 2. The minimum absolute atomic E-state index is 0.0116. The van der Waals surface area contributed by atoms with E-state index >= 15 is 0 Å². The van der Waals surface area contributed by atoms with Crippen LogP contribution >= 0.6 is 0 Å². The van der Waals surface area contributed by atoms with Crippen LogP contribution in [0.1, 0.15) is 0 Å². The highest BCUT2D eigenvalue weighted by molar-refractivity contribution is 7.87. The van der Waals surface area contributed by atoms with Gasteiger partial charge in [0, 0.05) is 12.8 Å². The molecule has 0 saturated heterocycles. The van der Waals surface area contributed by atoms with Crippen molar-refractivity contribution in [3.8, 4) is 11.5 Å². The number of rotatable bonds is 5. The summed E-state index contributed by atoms with van der Waals surface area (Å²) < 4.78 is 44.2. The van der Waals surface area contributed by atoms with E-state index in [9.17, 15) is 18.1 Å². The predicted octanol–water partition coefficient (Wildman–Crippen LogP) is 0.846. The first-order valence-corrected chi connectivity index (χ1v) is 9.78. The van der Waals surface area contributed by atoms with E-state index in [1.807, 2.05) is 0 Å². The Morgan fingerprint density at radius 2 is 1.90 bits per heavy atom. The molecular weight excluding hydrogens is 400 g/mol. The molecule has 10 nitrogen and oxygen atoms in total. The summed E-state index contributed by atoms with van der Waals surface area (Å²) in [7, 11) is -2.40. The van der Waals surface area contributed by atoms with E-state index < -0.39 is 20.7 Å². The molecule has 0 heterocycles. The molecule has 0 aliphatic heterocycles. The van der Waals surface area contributed by atoms with Gasteiger partial charge in [-0.05, 0) is 35.7 Å². The van der Waals surface area contributed by atoms with Crippen LogP contribution in [0.15, 0.2) is 48.2 Å². The molecule has 1 unspecified atom stereocenters. The first kappa shape index (κ1) is 20.9. The fourth-order valence-corrected chi connectivity index (χ4v) is 4.36. The number of hydrogen-bond acceptors (Lipinski definition) is 9. The zero-order valence-electron chi connectivity index (χ0n) is 15.7. The van der Waals surface area contributed by atoms with Crippen molar-refractivity contribution in [2.45, 2.75) is 10.6 Å². The molecule has 0 saturated carbocycles. The largest absolute Gasteiger partial charge is 0.507 e. The van der Waals surface area contributed by atoms with Crippen molar-refractivity contribution >= 4 is 32.3 Å². The van der Waals surface area contributed by atoms with Crippen LogP contribution < -0.4 is 27.3 Å². The van der Waals surface area contributed by atoms with Gasteiger partial charge in [-0.15, -0.1) is 0 Å². The van der Waals surface area contributed by atoms with Crippen molar-refractivity contribution in [3.63, 3.8) is 0 Å². The average molecular weight is 422 g/mol. The standard InChI is InChI=1S/C18H22N4O6S/c1-27-16-12(8-10-4-3-5-13(23)14(10)15(16)19)22-11-6-7-17(20,21)18(9-11,28-2)29(24,25)26/h3-9,22-23H,19-21H2,1-2H3,(H,24,25,26). The Labute approximate surface area is 167 Å². The monoisotopic (exact) mass is 422 g/mol. The van der Waals surface area contributed by atoms with Crippen molar-refractivity contribution in [1.29, 1.82) is 0 Å². The molecule has 3 rings (SSSR count). The van der Waals surface area contributed by atoms with E-state index in [4.69, 9.17) is 26.7 Å². The number of hydrogen-bond donors (Lipinski definition) is 6. The lowest BCUT2D eigenvalue weighted by Gasteiger charge is -2.40. The van der Waals surface area contributed by atoms with Crippen LogP contribution in [-0.4, -0.2) is 42.9 Å². The average Bonchev–Trinajstić information content (AvgIpc) is 2.62. The summed E-state index contributed by atoms with van der Waals surface area (Å²) >= 11 is 0. The third-order valence-corrected chi connectivity index (χ3v) is 6.19. The van der Waals surface area contributed by atoms with Crippen LogP contribution in [0, 0.1) is 0 Å². The Morgan fingerprint density at radius 3 is 2.48 bits per heavy atom. The van der Waals surface area contributed by atoms with Crippen LogP contribution in [-0.2, 0) is 14.9 Å². The summed E-state index contributed by atoms with van der Waals surface area (Å²) in [5.74, 6) is 0.211. The van der Waals surface area contributed by atoms with E-state index in [1.165, 1.54) is 25.3 Å². The number of nitrogens with two attached hydrogens (primary N) is 3. The minimum atomic E-state index is -4.86. The van der Waals surface area contributed by atoms with Gasteiger partial charge >= 0.3 is 10.1 Å². The van der Waals surface area contributed by atoms with E-state index in [0.29, 0.717) is 16.5 Å². The van der Waals surface area contributed by atoms with Gasteiger partial charge in [0.2, 0.25) is 4.93 Å². The number of anilines is 2. The molecule has 0 aromatic heterocycles. The molecule has 2 aromatic rings. The number of phenols is 1. The van der Waals surface area contributed by atoms with Crippen molar-refractivity contribution in [1.82, 2.24) is 0 Å². The van der Waals surface area contributed by atoms with Crippen LogP contribution in [0.4, 0.5) is 11.4 Å². The van der Waals surface area contributed by atoms with E-state index in [0.717, 1.165) is 13.2 Å². The molecule has 0 amide bonds. The van der Waals surface area contributed by atoms with Crippen molar-refractivity contribution in [3.05, 3.63) is 48.2 Å². The fraction of sp³-hybridized carbons (Fsp3) is 0.222. The molecule has 0 spiro atoms. The predicted molar refractivity (Wildman–Crippen MR) is 110 cm³/mol. The second kappa shape index (κ2) is 6.90. The number of allylic oxidation sites excluding steroid dienone is 1. The zero-order chi connectivity index (χ0) is 21.6. The maximum atomic E-state index is 12.0. The second-order valence-electron chi connectivity index (χ2n) is 6.58. The van der Waals surface area contributed by atoms with Gasteiger partial charge in [-0.25, -0.2) is 0 Å². The highest BCUT2D eigenvalue weighted by Crippen LogP contribution is 2.43. The molecule has 9 N–H and O–H groups in total. The summed E-state index contributed by atoms with van der Waals surface area (Å²) in [6.07, 6.45) is 3.69. The van der Waals surface area contributed by atoms with E-state index in [1.54, 1.807) is 18.2 Å². The molecule has 1 aliphatic rings. The number of benzene rings is 2. The molecule has 29 heavy (non-hydrogen) atoms. The van der Waals surface area contributed by atoms with Crippen LogP contribution in [0.5, 0.6) is 11.5 Å². The molecule has 1 atom stereocenters. The number of aromatic hydroxyl groups is 1. The number of nitrogens with one attached hydrogen (secondary N) is 1. The molecule has 0 fully saturated rings. The zero-order valence-corrected chi connectivity index (χ0v) is 16.5. The molecular formula is C18H22N4O6S. The highest BCUT2D eigenvalue weighted by Gasteiger charge is 2.56. The lowest BCUT2D eigenvalue weighted by atomic mass is 9.96.